The van der Waals surface area contributed by atoms with Gasteiger partial charge in [-0.25, -0.2) is 4.68 Å². The lowest BCUT2D eigenvalue weighted by Crippen LogP contribution is -2.41. The van der Waals surface area contributed by atoms with Crippen LogP contribution in [0.4, 0.5) is 5.82 Å². The van der Waals surface area contributed by atoms with Crippen molar-refractivity contribution in [2.75, 3.05) is 18.4 Å². The number of aromatic nitrogens is 2. The highest BCUT2D eigenvalue weighted by atomic mass is 35.5. The van der Waals surface area contributed by atoms with E-state index in [4.69, 9.17) is 23.2 Å². The van der Waals surface area contributed by atoms with Gasteiger partial charge in [0.05, 0.1) is 22.8 Å². The van der Waals surface area contributed by atoms with E-state index in [1.165, 1.54) is 0 Å². The molecule has 32 heavy (non-hydrogen) atoms. The number of hydrogen-bond donors (Lipinski definition) is 1. The number of halogens is 2. The largest absolute Gasteiger partial charge is 0.339 e. The smallest absolute Gasteiger partial charge is 0.254 e. The number of nitrogens with one attached hydrogen (secondary N) is 1. The van der Waals surface area contributed by atoms with Gasteiger partial charge in [-0.3, -0.25) is 9.59 Å². The molecule has 4 rings (SSSR count). The van der Waals surface area contributed by atoms with Crippen molar-refractivity contribution >= 4 is 40.8 Å². The summed E-state index contributed by atoms with van der Waals surface area (Å²) in [5.74, 6) is 0.406. The molecule has 1 aliphatic heterocycles. The summed E-state index contributed by atoms with van der Waals surface area (Å²) < 4.78 is 1.69. The van der Waals surface area contributed by atoms with Gasteiger partial charge in [0.1, 0.15) is 5.82 Å². The maximum absolute atomic E-state index is 12.9. The third-order valence-electron chi connectivity index (χ3n) is 5.85. The number of benzene rings is 2. The van der Waals surface area contributed by atoms with E-state index < -0.39 is 0 Å². The Morgan fingerprint density at radius 2 is 1.81 bits per heavy atom. The van der Waals surface area contributed by atoms with E-state index in [1.54, 1.807) is 23.0 Å². The fraction of sp³-hybridized carbons (Fsp3) is 0.292. The zero-order valence-corrected chi connectivity index (χ0v) is 19.2. The summed E-state index contributed by atoms with van der Waals surface area (Å²) in [6.07, 6.45) is 2.88. The van der Waals surface area contributed by atoms with Gasteiger partial charge in [-0.15, -0.1) is 0 Å². The Morgan fingerprint density at radius 1 is 1.06 bits per heavy atom. The maximum atomic E-state index is 12.9. The minimum atomic E-state index is -0.158. The van der Waals surface area contributed by atoms with Crippen molar-refractivity contribution in [3.8, 4) is 0 Å². The first-order valence-corrected chi connectivity index (χ1v) is 11.3. The topological polar surface area (TPSA) is 67.2 Å². The molecule has 1 saturated heterocycles. The third kappa shape index (κ3) is 4.81. The molecule has 8 heteroatoms. The van der Waals surface area contributed by atoms with Crippen LogP contribution in [0.5, 0.6) is 0 Å². The van der Waals surface area contributed by atoms with Crippen LogP contribution in [-0.2, 0) is 11.3 Å². The number of hydrogen-bond acceptors (Lipinski definition) is 3. The molecule has 6 nitrogen and oxygen atoms in total. The maximum Gasteiger partial charge on any atom is 0.254 e. The standard InChI is InChI=1S/C24H24Cl2N4O2/c1-16-5-2-3-7-19(16)24(32)29-13-10-17(11-14-29)23(31)28-21-9-12-27-30(21)15-18-6-4-8-20(25)22(18)26/h2-9,12,17H,10-11,13-15H2,1H3,(H,28,31). The van der Waals surface area contributed by atoms with Crippen molar-refractivity contribution in [1.29, 1.82) is 0 Å². The second-order valence-corrected chi connectivity index (χ2v) is 8.74. The molecule has 0 atom stereocenters. The van der Waals surface area contributed by atoms with Gasteiger partial charge in [-0.2, -0.15) is 5.10 Å². The van der Waals surface area contributed by atoms with Crippen LogP contribution in [0.2, 0.25) is 10.0 Å². The molecule has 2 aromatic carbocycles. The summed E-state index contributed by atoms with van der Waals surface area (Å²) in [5, 5.41) is 8.25. The Balaban J connectivity index is 1.36. The van der Waals surface area contributed by atoms with Gasteiger partial charge in [-0.05, 0) is 43.0 Å². The van der Waals surface area contributed by atoms with Crippen LogP contribution < -0.4 is 5.32 Å². The third-order valence-corrected chi connectivity index (χ3v) is 6.71. The van der Waals surface area contributed by atoms with Crippen LogP contribution >= 0.6 is 23.2 Å². The van der Waals surface area contributed by atoms with E-state index >= 15 is 0 Å². The summed E-state index contributed by atoms with van der Waals surface area (Å²) in [7, 11) is 0. The predicted molar refractivity (Wildman–Crippen MR) is 126 cm³/mol. The molecule has 1 aliphatic rings. The number of carbonyl (C=O) groups excluding carboxylic acids is 2. The molecule has 166 valence electrons. The lowest BCUT2D eigenvalue weighted by molar-refractivity contribution is -0.121. The van der Waals surface area contributed by atoms with Crippen molar-refractivity contribution in [3.63, 3.8) is 0 Å². The van der Waals surface area contributed by atoms with Crippen molar-refractivity contribution in [2.45, 2.75) is 26.3 Å². The second-order valence-electron chi connectivity index (χ2n) is 7.96. The second kappa shape index (κ2) is 9.76. The average Bonchev–Trinajstić information content (AvgIpc) is 3.23. The highest BCUT2D eigenvalue weighted by molar-refractivity contribution is 6.42. The van der Waals surface area contributed by atoms with Gasteiger partial charge in [-0.1, -0.05) is 53.5 Å². The number of carbonyl (C=O) groups is 2. The minimum Gasteiger partial charge on any atom is -0.339 e. The van der Waals surface area contributed by atoms with Gasteiger partial charge >= 0.3 is 0 Å². The Hall–Kier alpha value is -2.83. The van der Waals surface area contributed by atoms with E-state index in [1.807, 2.05) is 48.2 Å². The Bertz CT molecular complexity index is 1140. The van der Waals surface area contributed by atoms with Crippen molar-refractivity contribution in [3.05, 3.63) is 81.5 Å². The molecule has 2 amide bonds. The van der Waals surface area contributed by atoms with E-state index in [2.05, 4.69) is 10.4 Å². The molecule has 0 saturated carbocycles. The minimum absolute atomic E-state index is 0.0263. The fourth-order valence-electron chi connectivity index (χ4n) is 3.95. The lowest BCUT2D eigenvalue weighted by atomic mass is 9.95. The van der Waals surface area contributed by atoms with E-state index in [-0.39, 0.29) is 17.7 Å². The molecule has 1 fully saturated rings. The van der Waals surface area contributed by atoms with Gasteiger partial charge in [0.15, 0.2) is 0 Å². The van der Waals surface area contributed by atoms with Gasteiger partial charge < -0.3 is 10.2 Å². The number of aryl methyl sites for hydroxylation is 1. The molecule has 0 bridgehead atoms. The van der Waals surface area contributed by atoms with E-state index in [0.29, 0.717) is 48.3 Å². The van der Waals surface area contributed by atoms with Crippen LogP contribution in [0.3, 0.4) is 0 Å². The summed E-state index contributed by atoms with van der Waals surface area (Å²) in [6.45, 7) is 3.45. The normalized spacial score (nSPS) is 14.4. The van der Waals surface area contributed by atoms with Crippen molar-refractivity contribution in [2.24, 2.45) is 5.92 Å². The molecular weight excluding hydrogens is 447 g/mol. The first-order valence-electron chi connectivity index (χ1n) is 10.5. The highest BCUT2D eigenvalue weighted by Gasteiger charge is 2.28. The van der Waals surface area contributed by atoms with Crippen LogP contribution in [0, 0.1) is 12.8 Å². The number of likely N-dealkylation sites (tertiary alicyclic amines) is 1. The van der Waals surface area contributed by atoms with Gasteiger partial charge in [0.2, 0.25) is 5.91 Å². The number of amides is 2. The molecule has 2 heterocycles. The molecule has 0 aliphatic carbocycles. The predicted octanol–water partition coefficient (Wildman–Crippen LogP) is 5.04. The van der Waals surface area contributed by atoms with Crippen molar-refractivity contribution in [1.82, 2.24) is 14.7 Å². The highest BCUT2D eigenvalue weighted by Crippen LogP contribution is 2.27. The molecule has 0 unspecified atom stereocenters. The van der Waals surface area contributed by atoms with Crippen LogP contribution in [0.25, 0.3) is 0 Å². The molecule has 1 N–H and O–H groups in total. The zero-order chi connectivity index (χ0) is 22.7. The number of nitrogens with zero attached hydrogens (tertiary/aromatic N) is 3. The van der Waals surface area contributed by atoms with E-state index in [0.717, 1.165) is 16.7 Å². The first-order chi connectivity index (χ1) is 15.4. The molecule has 0 radical (unpaired) electrons. The fourth-order valence-corrected chi connectivity index (χ4v) is 4.33. The Morgan fingerprint density at radius 3 is 2.56 bits per heavy atom. The van der Waals surface area contributed by atoms with Gasteiger partial charge in [0.25, 0.3) is 5.91 Å². The SMILES string of the molecule is Cc1ccccc1C(=O)N1CCC(C(=O)Nc2ccnn2Cc2cccc(Cl)c2Cl)CC1. The van der Waals surface area contributed by atoms with Crippen molar-refractivity contribution < 1.29 is 9.59 Å². The zero-order valence-electron chi connectivity index (χ0n) is 17.7. The molecule has 0 spiro atoms. The van der Waals surface area contributed by atoms with E-state index in [9.17, 15) is 9.59 Å². The summed E-state index contributed by atoms with van der Waals surface area (Å²) >= 11 is 12.4. The molecular formula is C24H24Cl2N4O2. The van der Waals surface area contributed by atoms with Crippen LogP contribution in [0.15, 0.2) is 54.7 Å². The molecule has 3 aromatic rings. The summed E-state index contributed by atoms with van der Waals surface area (Å²) in [5.41, 5.74) is 2.51. The van der Waals surface area contributed by atoms with Crippen LogP contribution in [-0.4, -0.2) is 39.6 Å². The lowest BCUT2D eigenvalue weighted by Gasteiger charge is -2.31. The molecule has 1 aromatic heterocycles. The quantitative estimate of drug-likeness (QED) is 0.567. The Kier molecular flexibility index (Phi) is 6.82. The summed E-state index contributed by atoms with van der Waals surface area (Å²) in [4.78, 5) is 27.5. The summed E-state index contributed by atoms with van der Waals surface area (Å²) in [6, 6.07) is 14.8. The monoisotopic (exact) mass is 470 g/mol. The van der Waals surface area contributed by atoms with Crippen LogP contribution in [0.1, 0.15) is 34.3 Å². The number of anilines is 1. The number of piperidine rings is 1. The number of rotatable bonds is 5. The average molecular weight is 471 g/mol. The Labute approximate surface area is 197 Å². The van der Waals surface area contributed by atoms with Gasteiger partial charge in [0, 0.05) is 30.6 Å². The first kappa shape index (κ1) is 22.4.